The molecule has 2 N–H and O–H groups in total. The van der Waals surface area contributed by atoms with E-state index in [-0.39, 0.29) is 13.6 Å². The molecule has 27 heavy (non-hydrogen) atoms. The number of aliphatic hydroxyl groups is 2. The predicted octanol–water partition coefficient (Wildman–Crippen LogP) is 1.61. The molecule has 0 aromatic heterocycles. The number of rotatable bonds is 0. The Bertz CT molecular complexity index is 975. The summed E-state index contributed by atoms with van der Waals surface area (Å²) in [6.07, 6.45) is -1.08. The maximum Gasteiger partial charge on any atom is 0.231 e. The number of aliphatic hydroxyl groups excluding tert-OH is 2. The van der Waals surface area contributed by atoms with Crippen molar-refractivity contribution in [2.75, 3.05) is 27.2 Å². The van der Waals surface area contributed by atoms with E-state index in [0.29, 0.717) is 40.7 Å². The molecule has 3 heterocycles. The smallest absolute Gasteiger partial charge is 0.231 e. The standard InChI is InChI=1S/C20H19NO6/c1-21-5-4-10-6-14-15(26-8-25-14)7-12(10)20(21)18(22)11-2-3-13-17(27-9-24-13)16(11)19(20)23/h2-3,6-7,18-19,22-23H,4-5,8-9H2,1H3/t18-,19-,20+/m1/s1. The van der Waals surface area contributed by atoms with Gasteiger partial charge in [0, 0.05) is 12.1 Å². The molecule has 3 aliphatic heterocycles. The topological polar surface area (TPSA) is 80.6 Å². The number of hydrogen-bond acceptors (Lipinski definition) is 7. The van der Waals surface area contributed by atoms with E-state index in [1.54, 1.807) is 6.07 Å². The lowest BCUT2D eigenvalue weighted by Crippen LogP contribution is -2.53. The lowest BCUT2D eigenvalue weighted by molar-refractivity contribution is -0.0951. The molecule has 2 aromatic carbocycles. The van der Waals surface area contributed by atoms with E-state index in [1.165, 1.54) is 0 Å². The van der Waals surface area contributed by atoms with E-state index in [2.05, 4.69) is 0 Å². The molecule has 7 nitrogen and oxygen atoms in total. The molecule has 0 bridgehead atoms. The molecule has 0 saturated heterocycles. The maximum absolute atomic E-state index is 11.5. The fourth-order valence-electron chi connectivity index (χ4n) is 5.09. The Morgan fingerprint density at radius 1 is 0.963 bits per heavy atom. The van der Waals surface area contributed by atoms with E-state index in [4.69, 9.17) is 18.9 Å². The average molecular weight is 369 g/mol. The predicted molar refractivity (Wildman–Crippen MR) is 93.1 cm³/mol. The van der Waals surface area contributed by atoms with Crippen molar-refractivity contribution in [2.45, 2.75) is 24.2 Å². The van der Waals surface area contributed by atoms with Gasteiger partial charge < -0.3 is 29.2 Å². The molecule has 1 spiro atoms. The van der Waals surface area contributed by atoms with Gasteiger partial charge in [-0.1, -0.05) is 6.07 Å². The second-order valence-corrected chi connectivity index (χ2v) is 7.47. The molecular formula is C20H19NO6. The summed E-state index contributed by atoms with van der Waals surface area (Å²) in [5.74, 6) is 2.48. The zero-order valence-electron chi connectivity index (χ0n) is 14.8. The van der Waals surface area contributed by atoms with Crippen LogP contribution in [0.2, 0.25) is 0 Å². The van der Waals surface area contributed by atoms with Gasteiger partial charge in [-0.3, -0.25) is 4.90 Å². The van der Waals surface area contributed by atoms with Crippen LogP contribution in [0.15, 0.2) is 24.3 Å². The maximum atomic E-state index is 11.5. The van der Waals surface area contributed by atoms with Crippen LogP contribution in [0.25, 0.3) is 0 Å². The van der Waals surface area contributed by atoms with Crippen molar-refractivity contribution in [2.24, 2.45) is 0 Å². The van der Waals surface area contributed by atoms with Crippen LogP contribution < -0.4 is 18.9 Å². The zero-order valence-corrected chi connectivity index (χ0v) is 14.8. The Hall–Kier alpha value is -2.48. The van der Waals surface area contributed by atoms with Gasteiger partial charge in [-0.2, -0.15) is 0 Å². The first-order chi connectivity index (χ1) is 13.1. The molecule has 0 fully saturated rings. The quantitative estimate of drug-likeness (QED) is 0.730. The van der Waals surface area contributed by atoms with Gasteiger partial charge in [-0.25, -0.2) is 0 Å². The SMILES string of the molecule is CN1CCc2cc3c(cc2[C@@]12[C@H](O)c1ccc4c(c1[C@H]2O)OCO4)OCO3. The number of nitrogens with zero attached hydrogens (tertiary/aromatic N) is 1. The minimum absolute atomic E-state index is 0.118. The number of ether oxygens (including phenoxy) is 4. The normalized spacial score (nSPS) is 29.9. The van der Waals surface area contributed by atoms with Gasteiger partial charge in [-0.15, -0.1) is 0 Å². The van der Waals surface area contributed by atoms with E-state index in [9.17, 15) is 10.2 Å². The van der Waals surface area contributed by atoms with Crippen LogP contribution in [0.3, 0.4) is 0 Å². The first-order valence-corrected chi connectivity index (χ1v) is 9.05. The van der Waals surface area contributed by atoms with Crippen LogP contribution in [-0.2, 0) is 12.0 Å². The summed E-state index contributed by atoms with van der Waals surface area (Å²) >= 11 is 0. The fourth-order valence-corrected chi connectivity index (χ4v) is 5.09. The third-order valence-corrected chi connectivity index (χ3v) is 6.39. The summed E-state index contributed by atoms with van der Waals surface area (Å²) in [7, 11) is 1.93. The van der Waals surface area contributed by atoms with E-state index in [1.807, 2.05) is 30.1 Å². The third-order valence-electron chi connectivity index (χ3n) is 6.39. The van der Waals surface area contributed by atoms with Crippen molar-refractivity contribution in [1.82, 2.24) is 4.90 Å². The van der Waals surface area contributed by atoms with Crippen LogP contribution >= 0.6 is 0 Å². The molecule has 6 rings (SSSR count). The van der Waals surface area contributed by atoms with Gasteiger partial charge in [0.25, 0.3) is 0 Å². The van der Waals surface area contributed by atoms with Crippen LogP contribution in [-0.4, -0.2) is 42.3 Å². The third kappa shape index (κ3) is 1.72. The van der Waals surface area contributed by atoms with Crippen LogP contribution in [0.1, 0.15) is 34.5 Å². The Labute approximate surface area is 155 Å². The molecule has 3 atom stereocenters. The summed E-state index contributed by atoms with van der Waals surface area (Å²) in [6.45, 7) is 1.01. The average Bonchev–Trinajstić information content (AvgIpc) is 3.37. The van der Waals surface area contributed by atoms with Gasteiger partial charge in [0.2, 0.25) is 13.6 Å². The lowest BCUT2D eigenvalue weighted by atomic mass is 9.75. The van der Waals surface area contributed by atoms with E-state index in [0.717, 1.165) is 17.5 Å². The zero-order chi connectivity index (χ0) is 18.3. The van der Waals surface area contributed by atoms with Crippen molar-refractivity contribution in [3.05, 3.63) is 46.5 Å². The molecular weight excluding hydrogens is 350 g/mol. The van der Waals surface area contributed by atoms with Gasteiger partial charge in [0.15, 0.2) is 23.0 Å². The van der Waals surface area contributed by atoms with Crippen molar-refractivity contribution in [3.8, 4) is 23.0 Å². The molecule has 0 radical (unpaired) electrons. The monoisotopic (exact) mass is 369 g/mol. The molecule has 1 aliphatic carbocycles. The minimum atomic E-state index is -1.02. The highest BCUT2D eigenvalue weighted by Crippen LogP contribution is 2.62. The molecule has 7 heteroatoms. The molecule has 2 aromatic rings. The highest BCUT2D eigenvalue weighted by molar-refractivity contribution is 5.62. The van der Waals surface area contributed by atoms with Crippen LogP contribution in [0.5, 0.6) is 23.0 Å². The second-order valence-electron chi connectivity index (χ2n) is 7.47. The van der Waals surface area contributed by atoms with Gasteiger partial charge in [-0.05, 0) is 48.4 Å². The first kappa shape index (κ1) is 15.6. The number of hydrogen-bond donors (Lipinski definition) is 2. The van der Waals surface area contributed by atoms with Crippen LogP contribution in [0, 0.1) is 0 Å². The number of likely N-dealkylation sites (N-methyl/N-ethyl adjacent to an activating group) is 1. The van der Waals surface area contributed by atoms with Crippen molar-refractivity contribution in [3.63, 3.8) is 0 Å². The van der Waals surface area contributed by atoms with E-state index < -0.39 is 17.7 Å². The van der Waals surface area contributed by atoms with Crippen molar-refractivity contribution in [1.29, 1.82) is 0 Å². The summed E-state index contributed by atoms with van der Waals surface area (Å²) in [6, 6.07) is 7.49. The summed E-state index contributed by atoms with van der Waals surface area (Å²) in [5, 5.41) is 23.0. The lowest BCUT2D eigenvalue weighted by Gasteiger charge is -2.48. The molecule has 0 saturated carbocycles. The first-order valence-electron chi connectivity index (χ1n) is 9.05. The second kappa shape index (κ2) is 5.07. The van der Waals surface area contributed by atoms with Crippen molar-refractivity contribution < 1.29 is 29.2 Å². The molecule has 0 unspecified atom stereocenters. The largest absolute Gasteiger partial charge is 0.454 e. The van der Waals surface area contributed by atoms with Crippen molar-refractivity contribution >= 4 is 0 Å². The Morgan fingerprint density at radius 2 is 1.70 bits per heavy atom. The van der Waals surface area contributed by atoms with Gasteiger partial charge in [0.05, 0.1) is 0 Å². The summed E-state index contributed by atoms with van der Waals surface area (Å²) < 4.78 is 22.2. The number of benzene rings is 2. The summed E-state index contributed by atoms with van der Waals surface area (Å²) in [4.78, 5) is 2.04. The molecule has 4 aliphatic rings. The van der Waals surface area contributed by atoms with Gasteiger partial charge in [0.1, 0.15) is 17.7 Å². The highest BCUT2D eigenvalue weighted by atomic mass is 16.7. The van der Waals surface area contributed by atoms with Gasteiger partial charge >= 0.3 is 0 Å². The Morgan fingerprint density at radius 3 is 2.56 bits per heavy atom. The fraction of sp³-hybridized carbons (Fsp3) is 0.400. The number of fused-ring (bicyclic) bond motifs is 6. The minimum Gasteiger partial charge on any atom is -0.454 e. The molecule has 140 valence electrons. The highest BCUT2D eigenvalue weighted by Gasteiger charge is 2.60. The summed E-state index contributed by atoms with van der Waals surface area (Å²) in [5.41, 5.74) is 2.18. The van der Waals surface area contributed by atoms with E-state index >= 15 is 0 Å². The molecule has 0 amide bonds. The Balaban J connectivity index is 1.61. The Kier molecular flexibility index (Phi) is 2.92. The van der Waals surface area contributed by atoms with Crippen LogP contribution in [0.4, 0.5) is 0 Å².